The molecule has 0 spiro atoms. The highest BCUT2D eigenvalue weighted by Gasteiger charge is 2.14. The number of carbonyl (C=O) groups excluding carboxylic acids is 1. The Kier molecular flexibility index (Phi) is 5.78. The predicted molar refractivity (Wildman–Crippen MR) is 90.5 cm³/mol. The van der Waals surface area contributed by atoms with Crippen LogP contribution >= 0.6 is 0 Å². The highest BCUT2D eigenvalue weighted by atomic mass is 16.5. The third-order valence-electron chi connectivity index (χ3n) is 3.47. The smallest absolute Gasteiger partial charge is 0.307 e. The largest absolute Gasteiger partial charge is 0.469 e. The Hall–Kier alpha value is -2.55. The van der Waals surface area contributed by atoms with Gasteiger partial charge in [0.25, 0.3) is 0 Å². The van der Waals surface area contributed by atoms with Gasteiger partial charge < -0.3 is 9.64 Å². The molecule has 0 unspecified atom stereocenters. The number of ether oxygens (including phenoxy) is 1. The Balaban J connectivity index is 2.32. The summed E-state index contributed by atoms with van der Waals surface area (Å²) in [5, 5.41) is 0. The first-order valence-corrected chi connectivity index (χ1v) is 7.37. The fraction of sp³-hybridized carbons (Fsp3) is 0.211. The minimum absolute atomic E-state index is 0.204. The van der Waals surface area contributed by atoms with E-state index in [1.807, 2.05) is 55.5 Å². The Morgan fingerprint density at radius 3 is 2.18 bits per heavy atom. The van der Waals surface area contributed by atoms with E-state index in [2.05, 4.69) is 23.1 Å². The van der Waals surface area contributed by atoms with Crippen molar-refractivity contribution in [2.24, 2.45) is 0 Å². The molecule has 2 rings (SSSR count). The molecule has 0 aliphatic carbocycles. The summed E-state index contributed by atoms with van der Waals surface area (Å²) in [4.78, 5) is 13.7. The second kappa shape index (κ2) is 8.03. The van der Waals surface area contributed by atoms with E-state index >= 15 is 0 Å². The number of nitrogens with zero attached hydrogens (tertiary/aromatic N) is 1. The SMILES string of the molecule is C/C=C(\c1ccccc1)N(CCC(=O)OC)c1ccccc1. The lowest BCUT2D eigenvalue weighted by Crippen LogP contribution is -2.25. The van der Waals surface area contributed by atoms with Crippen LogP contribution in [0.25, 0.3) is 5.70 Å². The first kappa shape index (κ1) is 15.8. The van der Waals surface area contributed by atoms with E-state index in [0.717, 1.165) is 16.9 Å². The molecule has 0 aromatic heterocycles. The van der Waals surface area contributed by atoms with Gasteiger partial charge in [0.1, 0.15) is 0 Å². The average Bonchev–Trinajstić information content (AvgIpc) is 2.59. The minimum atomic E-state index is -0.204. The predicted octanol–water partition coefficient (Wildman–Crippen LogP) is 4.12. The molecule has 0 saturated carbocycles. The van der Waals surface area contributed by atoms with Gasteiger partial charge in [-0.2, -0.15) is 0 Å². The summed E-state index contributed by atoms with van der Waals surface area (Å²) in [7, 11) is 1.42. The number of allylic oxidation sites excluding steroid dienone is 1. The summed E-state index contributed by atoms with van der Waals surface area (Å²) in [6.45, 7) is 2.58. The number of carbonyl (C=O) groups is 1. The quantitative estimate of drug-likeness (QED) is 0.751. The summed E-state index contributed by atoms with van der Waals surface area (Å²) in [5.41, 5.74) is 3.26. The van der Waals surface area contributed by atoms with Crippen LogP contribution in [0.2, 0.25) is 0 Å². The second-order valence-corrected chi connectivity index (χ2v) is 4.85. The summed E-state index contributed by atoms with van der Waals surface area (Å²) in [6, 6.07) is 20.3. The Morgan fingerprint density at radius 2 is 1.64 bits per heavy atom. The number of anilines is 1. The van der Waals surface area contributed by atoms with Gasteiger partial charge in [-0.05, 0) is 24.6 Å². The summed E-state index contributed by atoms with van der Waals surface area (Å²) < 4.78 is 4.77. The van der Waals surface area contributed by atoms with Crippen molar-refractivity contribution in [3.8, 4) is 0 Å². The van der Waals surface area contributed by atoms with Crippen LogP contribution in [-0.4, -0.2) is 19.6 Å². The molecule has 0 fully saturated rings. The lowest BCUT2D eigenvalue weighted by atomic mass is 10.1. The maximum absolute atomic E-state index is 11.5. The van der Waals surface area contributed by atoms with Crippen molar-refractivity contribution in [2.45, 2.75) is 13.3 Å². The molecule has 0 aliphatic rings. The topological polar surface area (TPSA) is 29.5 Å². The van der Waals surface area contributed by atoms with Gasteiger partial charge in [-0.1, -0.05) is 54.6 Å². The number of para-hydroxylation sites is 1. The molecular weight excluding hydrogens is 274 g/mol. The standard InChI is InChI=1S/C19H21NO2/c1-3-18(16-10-6-4-7-11-16)20(15-14-19(21)22-2)17-12-8-5-9-13-17/h3-13H,14-15H2,1-2H3/b18-3+. The Labute approximate surface area is 131 Å². The van der Waals surface area contributed by atoms with E-state index < -0.39 is 0 Å². The monoisotopic (exact) mass is 295 g/mol. The number of hydrogen-bond acceptors (Lipinski definition) is 3. The molecule has 0 heterocycles. The van der Waals surface area contributed by atoms with E-state index in [4.69, 9.17) is 4.74 Å². The highest BCUT2D eigenvalue weighted by molar-refractivity contribution is 5.80. The first-order chi connectivity index (χ1) is 10.8. The van der Waals surface area contributed by atoms with Crippen molar-refractivity contribution in [2.75, 3.05) is 18.6 Å². The maximum atomic E-state index is 11.5. The number of methoxy groups -OCH3 is 1. The molecule has 0 amide bonds. The number of benzene rings is 2. The average molecular weight is 295 g/mol. The van der Waals surface area contributed by atoms with E-state index in [9.17, 15) is 4.79 Å². The van der Waals surface area contributed by atoms with Crippen molar-refractivity contribution in [3.63, 3.8) is 0 Å². The molecule has 3 heteroatoms. The van der Waals surface area contributed by atoms with Crippen LogP contribution in [0.1, 0.15) is 18.9 Å². The van der Waals surface area contributed by atoms with Crippen LogP contribution in [0.15, 0.2) is 66.7 Å². The van der Waals surface area contributed by atoms with Crippen molar-refractivity contribution in [3.05, 3.63) is 72.3 Å². The number of rotatable bonds is 6. The third kappa shape index (κ3) is 3.98. The molecule has 2 aromatic carbocycles. The van der Waals surface area contributed by atoms with Crippen LogP contribution in [0, 0.1) is 0 Å². The van der Waals surface area contributed by atoms with Gasteiger partial charge in [0.05, 0.1) is 13.5 Å². The molecule has 2 aromatic rings. The van der Waals surface area contributed by atoms with Gasteiger partial charge in [0.2, 0.25) is 0 Å². The minimum Gasteiger partial charge on any atom is -0.469 e. The van der Waals surface area contributed by atoms with Crippen molar-refractivity contribution in [1.29, 1.82) is 0 Å². The molecule has 22 heavy (non-hydrogen) atoms. The maximum Gasteiger partial charge on any atom is 0.307 e. The zero-order valence-corrected chi connectivity index (χ0v) is 13.0. The molecule has 0 radical (unpaired) electrons. The van der Waals surface area contributed by atoms with E-state index in [0.29, 0.717) is 13.0 Å². The molecule has 3 nitrogen and oxygen atoms in total. The summed E-state index contributed by atoms with van der Waals surface area (Å²) in [5.74, 6) is -0.204. The van der Waals surface area contributed by atoms with Gasteiger partial charge in [-0.15, -0.1) is 0 Å². The van der Waals surface area contributed by atoms with Gasteiger partial charge in [-0.25, -0.2) is 0 Å². The fourth-order valence-electron chi connectivity index (χ4n) is 2.39. The third-order valence-corrected chi connectivity index (χ3v) is 3.47. The van der Waals surface area contributed by atoms with E-state index in [-0.39, 0.29) is 5.97 Å². The van der Waals surface area contributed by atoms with E-state index in [1.165, 1.54) is 7.11 Å². The zero-order valence-electron chi connectivity index (χ0n) is 13.0. The van der Waals surface area contributed by atoms with E-state index in [1.54, 1.807) is 0 Å². The fourth-order valence-corrected chi connectivity index (χ4v) is 2.39. The van der Waals surface area contributed by atoms with Gasteiger partial charge in [0.15, 0.2) is 0 Å². The first-order valence-electron chi connectivity index (χ1n) is 7.37. The molecule has 0 atom stereocenters. The van der Waals surface area contributed by atoms with Gasteiger partial charge in [-0.3, -0.25) is 4.79 Å². The van der Waals surface area contributed by atoms with Gasteiger partial charge in [0, 0.05) is 17.9 Å². The van der Waals surface area contributed by atoms with Crippen LogP contribution in [0.4, 0.5) is 5.69 Å². The number of esters is 1. The Morgan fingerprint density at radius 1 is 1.05 bits per heavy atom. The normalized spacial score (nSPS) is 11.1. The van der Waals surface area contributed by atoms with Crippen molar-refractivity contribution in [1.82, 2.24) is 0 Å². The van der Waals surface area contributed by atoms with Crippen molar-refractivity contribution >= 4 is 17.4 Å². The van der Waals surface area contributed by atoms with Gasteiger partial charge >= 0.3 is 5.97 Å². The number of hydrogen-bond donors (Lipinski definition) is 0. The van der Waals surface area contributed by atoms with Crippen LogP contribution in [-0.2, 0) is 9.53 Å². The van der Waals surface area contributed by atoms with Crippen molar-refractivity contribution < 1.29 is 9.53 Å². The molecule has 0 bridgehead atoms. The molecular formula is C19H21NO2. The second-order valence-electron chi connectivity index (χ2n) is 4.85. The Bertz CT molecular complexity index is 620. The summed E-state index contributed by atoms with van der Waals surface area (Å²) >= 11 is 0. The molecule has 0 N–H and O–H groups in total. The molecule has 0 saturated heterocycles. The lowest BCUT2D eigenvalue weighted by molar-refractivity contribution is -0.140. The van der Waals surface area contributed by atoms with Crippen LogP contribution < -0.4 is 4.90 Å². The molecule has 0 aliphatic heterocycles. The van der Waals surface area contributed by atoms with Crippen LogP contribution in [0.3, 0.4) is 0 Å². The summed E-state index contributed by atoms with van der Waals surface area (Å²) in [6.07, 6.45) is 2.41. The zero-order chi connectivity index (χ0) is 15.8. The molecule has 114 valence electrons. The van der Waals surface area contributed by atoms with Crippen LogP contribution in [0.5, 0.6) is 0 Å². The lowest BCUT2D eigenvalue weighted by Gasteiger charge is -2.27. The highest BCUT2D eigenvalue weighted by Crippen LogP contribution is 2.26.